The van der Waals surface area contributed by atoms with E-state index < -0.39 is 0 Å². The quantitative estimate of drug-likeness (QED) is 0.342. The number of nitrogens with zero attached hydrogens (tertiary/aromatic N) is 4. The first kappa shape index (κ1) is 23.6. The van der Waals surface area contributed by atoms with E-state index in [0.29, 0.717) is 13.0 Å². The van der Waals surface area contributed by atoms with Gasteiger partial charge in [0, 0.05) is 29.7 Å². The largest absolute Gasteiger partial charge is 0.349 e. The molecule has 0 fully saturated rings. The van der Waals surface area contributed by atoms with Crippen LogP contribution in [0, 0.1) is 0 Å². The van der Waals surface area contributed by atoms with Crippen LogP contribution in [0.1, 0.15) is 72.6 Å². The number of azide groups is 1. The van der Waals surface area contributed by atoms with Gasteiger partial charge in [-0.2, -0.15) is 0 Å². The third-order valence-corrected chi connectivity index (χ3v) is 6.11. The Balaban J connectivity index is 1.91. The van der Waals surface area contributed by atoms with Crippen molar-refractivity contribution >= 4 is 5.91 Å². The third kappa shape index (κ3) is 6.24. The lowest BCUT2D eigenvalue weighted by Crippen LogP contribution is -2.42. The topological polar surface area (TPSA) is 99.9 Å². The smallest absolute Gasteiger partial charge is 0.263 e. The number of fused-ring (bicyclic) bond motifs is 1. The van der Waals surface area contributed by atoms with Crippen molar-refractivity contribution in [1.82, 2.24) is 9.88 Å². The first-order valence-corrected chi connectivity index (χ1v) is 11.7. The van der Waals surface area contributed by atoms with Crippen molar-refractivity contribution in [2.24, 2.45) is 5.11 Å². The molecule has 1 amide bonds. The van der Waals surface area contributed by atoms with Gasteiger partial charge in [-0.1, -0.05) is 61.6 Å². The van der Waals surface area contributed by atoms with E-state index in [-0.39, 0.29) is 29.6 Å². The maximum atomic E-state index is 13.4. The summed E-state index contributed by atoms with van der Waals surface area (Å²) in [6.45, 7) is 2.88. The van der Waals surface area contributed by atoms with E-state index >= 15 is 0 Å². The van der Waals surface area contributed by atoms with Crippen molar-refractivity contribution in [3.63, 3.8) is 0 Å². The Labute approximate surface area is 189 Å². The second kappa shape index (κ2) is 12.1. The molecule has 7 heteroatoms. The summed E-state index contributed by atoms with van der Waals surface area (Å²) in [4.78, 5) is 29.4. The number of carbonyl (C=O) groups is 1. The Morgan fingerprint density at radius 3 is 2.66 bits per heavy atom. The van der Waals surface area contributed by atoms with Crippen LogP contribution >= 0.6 is 0 Å². The molecule has 0 saturated carbocycles. The third-order valence-electron chi connectivity index (χ3n) is 6.11. The summed E-state index contributed by atoms with van der Waals surface area (Å²) < 4.78 is 1.85. The SMILES string of the molecule is CCCCn1c2c(cc(C(=O)N[C@H](CN=[N+]=[N-])Cc3ccccc3)c1=O)CCCCCC2. The van der Waals surface area contributed by atoms with E-state index in [0.717, 1.165) is 55.3 Å². The average Bonchev–Trinajstić information content (AvgIpc) is 2.78. The minimum Gasteiger partial charge on any atom is -0.349 e. The fourth-order valence-electron chi connectivity index (χ4n) is 4.41. The highest BCUT2D eigenvalue weighted by Crippen LogP contribution is 2.21. The molecular weight excluding hydrogens is 402 g/mol. The van der Waals surface area contributed by atoms with Gasteiger partial charge >= 0.3 is 0 Å². The van der Waals surface area contributed by atoms with Crippen LogP contribution in [0.3, 0.4) is 0 Å². The number of carbonyl (C=O) groups excluding carboxylic acids is 1. The van der Waals surface area contributed by atoms with Crippen molar-refractivity contribution in [2.45, 2.75) is 77.3 Å². The first-order valence-electron chi connectivity index (χ1n) is 11.7. The fraction of sp³-hybridized carbons (Fsp3) is 0.520. The highest BCUT2D eigenvalue weighted by atomic mass is 16.2. The van der Waals surface area contributed by atoms with Gasteiger partial charge in [0.1, 0.15) is 5.56 Å². The summed E-state index contributed by atoms with van der Waals surface area (Å²) in [6, 6.07) is 11.2. The molecule has 1 heterocycles. The number of rotatable bonds is 9. The number of benzene rings is 1. The molecule has 1 aliphatic carbocycles. The van der Waals surface area contributed by atoms with Gasteiger partial charge in [0.05, 0.1) is 0 Å². The van der Waals surface area contributed by atoms with Crippen molar-refractivity contribution in [3.05, 3.63) is 79.6 Å². The van der Waals surface area contributed by atoms with Crippen molar-refractivity contribution < 1.29 is 4.79 Å². The Morgan fingerprint density at radius 1 is 1.19 bits per heavy atom. The van der Waals surface area contributed by atoms with Crippen LogP contribution in [-0.4, -0.2) is 23.1 Å². The van der Waals surface area contributed by atoms with Gasteiger partial charge in [-0.3, -0.25) is 9.59 Å². The molecule has 1 aromatic carbocycles. The molecule has 170 valence electrons. The molecule has 0 saturated heterocycles. The zero-order valence-electron chi connectivity index (χ0n) is 18.9. The number of nitrogens with one attached hydrogen (secondary N) is 1. The number of aromatic nitrogens is 1. The van der Waals surface area contributed by atoms with E-state index in [1.54, 1.807) is 0 Å². The van der Waals surface area contributed by atoms with Gasteiger partial charge in [-0.05, 0) is 61.2 Å². The van der Waals surface area contributed by atoms with Crippen LogP contribution in [0.5, 0.6) is 0 Å². The number of hydrogen-bond donors (Lipinski definition) is 1. The zero-order valence-corrected chi connectivity index (χ0v) is 18.9. The highest BCUT2D eigenvalue weighted by molar-refractivity contribution is 5.94. The lowest BCUT2D eigenvalue weighted by Gasteiger charge is -2.22. The molecule has 1 N–H and O–H groups in total. The van der Waals surface area contributed by atoms with E-state index in [9.17, 15) is 9.59 Å². The molecule has 0 radical (unpaired) electrons. The maximum Gasteiger partial charge on any atom is 0.263 e. The molecule has 0 aliphatic heterocycles. The summed E-state index contributed by atoms with van der Waals surface area (Å²) in [5, 5.41) is 6.63. The summed E-state index contributed by atoms with van der Waals surface area (Å²) in [5.74, 6) is -0.390. The van der Waals surface area contributed by atoms with Crippen LogP contribution in [-0.2, 0) is 25.8 Å². The minimum absolute atomic E-state index is 0.131. The second-order valence-corrected chi connectivity index (χ2v) is 8.53. The molecule has 3 rings (SSSR count). The Bertz CT molecular complexity index is 1010. The Hall–Kier alpha value is -3.05. The van der Waals surface area contributed by atoms with Crippen LogP contribution < -0.4 is 10.9 Å². The predicted molar refractivity (Wildman–Crippen MR) is 127 cm³/mol. The van der Waals surface area contributed by atoms with Crippen LogP contribution in [0.15, 0.2) is 46.3 Å². The van der Waals surface area contributed by atoms with Gasteiger partial charge < -0.3 is 9.88 Å². The van der Waals surface area contributed by atoms with Crippen LogP contribution in [0.4, 0.5) is 0 Å². The van der Waals surface area contributed by atoms with Gasteiger partial charge in [-0.25, -0.2) is 0 Å². The summed E-state index contributed by atoms with van der Waals surface area (Å²) in [6.07, 6.45) is 8.74. The molecule has 0 spiro atoms. The van der Waals surface area contributed by atoms with Gasteiger partial charge in [0.15, 0.2) is 0 Å². The van der Waals surface area contributed by atoms with E-state index in [1.165, 1.54) is 12.8 Å². The number of pyridine rings is 1. The second-order valence-electron chi connectivity index (χ2n) is 8.53. The standard InChI is InChI=1S/C25H33N5O2/c1-2-3-15-30-23-14-10-5-4-9-13-20(23)17-22(25(30)32)24(31)28-21(18-27-29-26)16-19-11-7-6-8-12-19/h6-8,11-12,17,21H,2-5,9-10,13-16,18H2,1H3,(H,28,31)/t21-/m0/s1. The average molecular weight is 436 g/mol. The molecule has 2 aromatic rings. The van der Waals surface area contributed by atoms with Gasteiger partial charge in [-0.15, -0.1) is 0 Å². The highest BCUT2D eigenvalue weighted by Gasteiger charge is 2.22. The van der Waals surface area contributed by atoms with Crippen LogP contribution in [0.2, 0.25) is 0 Å². The fourth-order valence-corrected chi connectivity index (χ4v) is 4.41. The molecule has 32 heavy (non-hydrogen) atoms. The molecule has 1 aromatic heterocycles. The molecular formula is C25H33N5O2. The normalized spacial score (nSPS) is 14.4. The summed E-state index contributed by atoms with van der Waals surface area (Å²) >= 11 is 0. The zero-order chi connectivity index (χ0) is 22.8. The van der Waals surface area contributed by atoms with Crippen molar-refractivity contribution in [2.75, 3.05) is 6.54 Å². The number of unbranched alkanes of at least 4 members (excludes halogenated alkanes) is 1. The molecule has 0 bridgehead atoms. The lowest BCUT2D eigenvalue weighted by atomic mass is 9.95. The lowest BCUT2D eigenvalue weighted by molar-refractivity contribution is 0.0935. The first-order chi connectivity index (χ1) is 15.6. The minimum atomic E-state index is -0.390. The molecule has 1 atom stereocenters. The predicted octanol–water partition coefficient (Wildman–Crippen LogP) is 4.96. The molecule has 7 nitrogen and oxygen atoms in total. The Morgan fingerprint density at radius 2 is 1.94 bits per heavy atom. The number of amides is 1. The number of hydrogen-bond acceptors (Lipinski definition) is 3. The molecule has 1 aliphatic rings. The monoisotopic (exact) mass is 435 g/mol. The van der Waals surface area contributed by atoms with E-state index in [1.807, 2.05) is 41.0 Å². The summed E-state index contributed by atoms with van der Waals surface area (Å²) in [7, 11) is 0. The van der Waals surface area contributed by atoms with Gasteiger partial charge in [0.2, 0.25) is 0 Å². The van der Waals surface area contributed by atoms with Crippen molar-refractivity contribution in [1.29, 1.82) is 0 Å². The Kier molecular flexibility index (Phi) is 8.93. The van der Waals surface area contributed by atoms with E-state index in [4.69, 9.17) is 5.53 Å². The van der Waals surface area contributed by atoms with Gasteiger partial charge in [0.25, 0.3) is 11.5 Å². The van der Waals surface area contributed by atoms with Crippen LogP contribution in [0.25, 0.3) is 10.4 Å². The molecule has 0 unspecified atom stereocenters. The maximum absolute atomic E-state index is 13.4. The van der Waals surface area contributed by atoms with Crippen molar-refractivity contribution in [3.8, 4) is 0 Å². The summed E-state index contributed by atoms with van der Waals surface area (Å²) in [5.41, 5.74) is 12.0. The van der Waals surface area contributed by atoms with E-state index in [2.05, 4.69) is 22.3 Å². The number of aryl methyl sites for hydroxylation is 1.